The summed E-state index contributed by atoms with van der Waals surface area (Å²) in [5.74, 6) is -0.345. The third-order valence-electron chi connectivity index (χ3n) is 3.52. The minimum atomic E-state index is -3.66. The fourth-order valence-corrected chi connectivity index (χ4v) is 3.47. The molecular formula is C18H20FNO5S. The summed E-state index contributed by atoms with van der Waals surface area (Å²) < 4.78 is 47.8. The number of hydrogen-bond donors (Lipinski definition) is 1. The average molecular weight is 381 g/mol. The lowest BCUT2D eigenvalue weighted by Crippen LogP contribution is -2.17. The Balaban J connectivity index is 1.99. The molecule has 0 bridgehead atoms. The molecule has 26 heavy (non-hydrogen) atoms. The second-order valence-electron chi connectivity index (χ2n) is 5.37. The number of rotatable bonds is 8. The van der Waals surface area contributed by atoms with Crippen molar-refractivity contribution in [2.75, 3.05) is 24.8 Å². The molecule has 0 unspecified atom stereocenters. The highest BCUT2D eigenvalue weighted by molar-refractivity contribution is 7.91. The molecule has 0 saturated carbocycles. The number of methoxy groups -OCH3 is 1. The summed E-state index contributed by atoms with van der Waals surface area (Å²) in [5, 5.41) is 2.62. The Bertz CT molecular complexity index is 866. The van der Waals surface area contributed by atoms with Gasteiger partial charge in [-0.25, -0.2) is 12.8 Å². The summed E-state index contributed by atoms with van der Waals surface area (Å²) in [6, 6.07) is 9.39. The van der Waals surface area contributed by atoms with Crippen LogP contribution >= 0.6 is 0 Å². The topological polar surface area (TPSA) is 81.7 Å². The van der Waals surface area contributed by atoms with E-state index in [0.29, 0.717) is 23.8 Å². The average Bonchev–Trinajstić information content (AvgIpc) is 2.62. The predicted molar refractivity (Wildman–Crippen MR) is 95.9 cm³/mol. The maximum absolute atomic E-state index is 12.9. The van der Waals surface area contributed by atoms with Gasteiger partial charge < -0.3 is 14.8 Å². The molecule has 1 amide bonds. The van der Waals surface area contributed by atoms with Crippen molar-refractivity contribution in [1.82, 2.24) is 0 Å². The number of anilines is 1. The van der Waals surface area contributed by atoms with E-state index in [4.69, 9.17) is 9.47 Å². The van der Waals surface area contributed by atoms with Gasteiger partial charge in [-0.15, -0.1) is 0 Å². The normalized spacial score (nSPS) is 11.0. The van der Waals surface area contributed by atoms with E-state index < -0.39 is 21.6 Å². The molecule has 0 heterocycles. The summed E-state index contributed by atoms with van der Waals surface area (Å²) in [4.78, 5) is 12.0. The standard InChI is InChI=1S/C18H20FNO5S/c1-3-25-16-9-6-14(12-17(16)24-2)20-18(21)10-11-26(22,23)15-7-4-13(19)5-8-15/h4-9,12H,3,10-11H2,1-2H3,(H,20,21). The molecule has 0 aliphatic carbocycles. The van der Waals surface area contributed by atoms with Crippen LogP contribution < -0.4 is 14.8 Å². The summed E-state index contributed by atoms with van der Waals surface area (Å²) in [5.41, 5.74) is 0.467. The van der Waals surface area contributed by atoms with Crippen molar-refractivity contribution in [3.8, 4) is 11.5 Å². The zero-order valence-electron chi connectivity index (χ0n) is 14.5. The molecule has 0 radical (unpaired) electrons. The van der Waals surface area contributed by atoms with Crippen LogP contribution in [-0.2, 0) is 14.6 Å². The van der Waals surface area contributed by atoms with Gasteiger partial charge in [-0.05, 0) is 43.3 Å². The number of sulfone groups is 1. The lowest BCUT2D eigenvalue weighted by atomic mass is 10.2. The molecule has 2 aromatic carbocycles. The Labute approximate surface area is 151 Å². The molecule has 0 aromatic heterocycles. The van der Waals surface area contributed by atoms with Crippen LogP contribution in [0.3, 0.4) is 0 Å². The number of halogens is 1. The van der Waals surface area contributed by atoms with Gasteiger partial charge in [0.25, 0.3) is 0 Å². The number of ether oxygens (including phenoxy) is 2. The molecule has 0 spiro atoms. The maximum Gasteiger partial charge on any atom is 0.225 e. The highest BCUT2D eigenvalue weighted by atomic mass is 32.2. The first kappa shape index (κ1) is 19.7. The number of benzene rings is 2. The van der Waals surface area contributed by atoms with Gasteiger partial charge in [0.2, 0.25) is 5.91 Å². The highest BCUT2D eigenvalue weighted by Crippen LogP contribution is 2.30. The lowest BCUT2D eigenvalue weighted by molar-refractivity contribution is -0.115. The van der Waals surface area contributed by atoms with Crippen molar-refractivity contribution in [3.63, 3.8) is 0 Å². The molecule has 2 aromatic rings. The summed E-state index contributed by atoms with van der Waals surface area (Å²) >= 11 is 0. The Hall–Kier alpha value is -2.61. The molecule has 140 valence electrons. The van der Waals surface area contributed by atoms with Crippen LogP contribution in [0.1, 0.15) is 13.3 Å². The van der Waals surface area contributed by atoms with E-state index >= 15 is 0 Å². The number of nitrogens with one attached hydrogen (secondary N) is 1. The maximum atomic E-state index is 12.9. The van der Waals surface area contributed by atoms with E-state index in [1.807, 2.05) is 6.92 Å². The minimum Gasteiger partial charge on any atom is -0.493 e. The van der Waals surface area contributed by atoms with E-state index in [-0.39, 0.29) is 17.1 Å². The van der Waals surface area contributed by atoms with E-state index in [2.05, 4.69) is 5.32 Å². The fourth-order valence-electron chi connectivity index (χ4n) is 2.23. The molecule has 8 heteroatoms. The monoisotopic (exact) mass is 381 g/mol. The Morgan fingerprint density at radius 1 is 1.12 bits per heavy atom. The molecule has 6 nitrogen and oxygen atoms in total. The molecule has 0 aliphatic heterocycles. The van der Waals surface area contributed by atoms with Gasteiger partial charge in [-0.2, -0.15) is 0 Å². The van der Waals surface area contributed by atoms with E-state index in [9.17, 15) is 17.6 Å². The largest absolute Gasteiger partial charge is 0.493 e. The minimum absolute atomic E-state index is 0.0190. The number of carbonyl (C=O) groups is 1. The van der Waals surface area contributed by atoms with Gasteiger partial charge in [0.15, 0.2) is 21.3 Å². The molecule has 2 rings (SSSR count). The summed E-state index contributed by atoms with van der Waals surface area (Å²) in [6.45, 7) is 2.32. The Morgan fingerprint density at radius 2 is 1.81 bits per heavy atom. The highest BCUT2D eigenvalue weighted by Gasteiger charge is 2.17. The van der Waals surface area contributed by atoms with Gasteiger partial charge in [0.1, 0.15) is 5.82 Å². The molecule has 0 atom stereocenters. The van der Waals surface area contributed by atoms with Gasteiger partial charge >= 0.3 is 0 Å². The molecular weight excluding hydrogens is 361 g/mol. The first-order valence-electron chi connectivity index (χ1n) is 7.94. The third-order valence-corrected chi connectivity index (χ3v) is 5.25. The molecule has 0 fully saturated rings. The van der Waals surface area contributed by atoms with Gasteiger partial charge in [-0.3, -0.25) is 4.79 Å². The van der Waals surface area contributed by atoms with E-state index in [1.54, 1.807) is 18.2 Å². The second kappa shape index (κ2) is 8.66. The van der Waals surface area contributed by atoms with Crippen LogP contribution in [0.15, 0.2) is 47.4 Å². The van der Waals surface area contributed by atoms with Crippen molar-refractivity contribution >= 4 is 21.4 Å². The van der Waals surface area contributed by atoms with Crippen LogP contribution in [0.4, 0.5) is 10.1 Å². The zero-order valence-corrected chi connectivity index (χ0v) is 15.3. The van der Waals surface area contributed by atoms with E-state index in [0.717, 1.165) is 12.1 Å². The van der Waals surface area contributed by atoms with Crippen molar-refractivity contribution in [3.05, 3.63) is 48.3 Å². The quantitative estimate of drug-likeness (QED) is 0.711. The van der Waals surface area contributed by atoms with Gasteiger partial charge in [-0.1, -0.05) is 0 Å². The van der Waals surface area contributed by atoms with Crippen LogP contribution in [0, 0.1) is 5.82 Å². The van der Waals surface area contributed by atoms with Crippen LogP contribution in [0.5, 0.6) is 11.5 Å². The number of hydrogen-bond acceptors (Lipinski definition) is 5. The van der Waals surface area contributed by atoms with Gasteiger partial charge in [0.05, 0.1) is 24.4 Å². The van der Waals surface area contributed by atoms with Crippen molar-refractivity contribution in [2.45, 2.75) is 18.2 Å². The molecule has 0 saturated heterocycles. The van der Waals surface area contributed by atoms with Gasteiger partial charge in [0, 0.05) is 18.2 Å². The summed E-state index contributed by atoms with van der Waals surface area (Å²) in [6.07, 6.45) is -0.227. The zero-order chi connectivity index (χ0) is 19.2. The van der Waals surface area contributed by atoms with Crippen LogP contribution in [-0.4, -0.2) is 33.8 Å². The van der Waals surface area contributed by atoms with Crippen molar-refractivity contribution in [2.24, 2.45) is 0 Å². The first-order chi connectivity index (χ1) is 12.4. The second-order valence-corrected chi connectivity index (χ2v) is 7.48. The Morgan fingerprint density at radius 3 is 2.42 bits per heavy atom. The van der Waals surface area contributed by atoms with Crippen LogP contribution in [0.25, 0.3) is 0 Å². The van der Waals surface area contributed by atoms with Crippen molar-refractivity contribution < 1.29 is 27.1 Å². The smallest absolute Gasteiger partial charge is 0.225 e. The molecule has 1 N–H and O–H groups in total. The fraction of sp³-hybridized carbons (Fsp3) is 0.278. The Kier molecular flexibility index (Phi) is 6.57. The SMILES string of the molecule is CCOc1ccc(NC(=O)CCS(=O)(=O)c2ccc(F)cc2)cc1OC. The summed E-state index contributed by atoms with van der Waals surface area (Å²) in [7, 11) is -2.18. The number of amides is 1. The van der Waals surface area contributed by atoms with Crippen molar-refractivity contribution in [1.29, 1.82) is 0 Å². The first-order valence-corrected chi connectivity index (χ1v) is 9.60. The number of carbonyl (C=O) groups excluding carboxylic acids is 1. The molecule has 0 aliphatic rings. The van der Waals surface area contributed by atoms with Crippen LogP contribution in [0.2, 0.25) is 0 Å². The lowest BCUT2D eigenvalue weighted by Gasteiger charge is -2.12. The predicted octanol–water partition coefficient (Wildman–Crippen LogP) is 3.04. The third kappa shape index (κ3) is 5.19. The van der Waals surface area contributed by atoms with E-state index in [1.165, 1.54) is 19.2 Å².